The Morgan fingerprint density at radius 2 is 1.55 bits per heavy atom. The van der Waals surface area contributed by atoms with Gasteiger partial charge in [0.1, 0.15) is 17.8 Å². The first-order valence-electron chi connectivity index (χ1n) is 6.52. The molecule has 0 aliphatic rings. The van der Waals surface area contributed by atoms with Gasteiger partial charge in [0.15, 0.2) is 0 Å². The lowest BCUT2D eigenvalue weighted by atomic mass is 9.99. The highest BCUT2D eigenvalue weighted by molar-refractivity contribution is 5.99. The third-order valence-electron chi connectivity index (χ3n) is 2.98. The Labute approximate surface area is 119 Å². The number of aliphatic imine (C=N–C) groups is 1. The van der Waals surface area contributed by atoms with Gasteiger partial charge in [-0.05, 0) is 11.1 Å². The summed E-state index contributed by atoms with van der Waals surface area (Å²) in [7, 11) is 0. The molecular weight excluding hydrogens is 244 g/mol. The van der Waals surface area contributed by atoms with Gasteiger partial charge in [0.2, 0.25) is 0 Å². The van der Waals surface area contributed by atoms with Crippen molar-refractivity contribution in [1.29, 1.82) is 5.26 Å². The van der Waals surface area contributed by atoms with Crippen LogP contribution in [0.4, 0.5) is 0 Å². The molecule has 2 rings (SSSR count). The van der Waals surface area contributed by atoms with E-state index in [4.69, 9.17) is 0 Å². The van der Waals surface area contributed by atoms with Crippen LogP contribution in [0, 0.1) is 11.3 Å². The fourth-order valence-corrected chi connectivity index (χ4v) is 2.03. The standard InChI is InChI=1S/C18H16N2/c1-2-9-17(14-19)20-18(15-10-5-3-6-11-15)16-12-7-4-8-13-16/h2-8,10-13,18H,1,9H2/b20-17+. The fraction of sp³-hybridized carbons (Fsp3) is 0.111. The molecule has 0 saturated heterocycles. The minimum atomic E-state index is -0.146. The topological polar surface area (TPSA) is 36.1 Å². The predicted octanol–water partition coefficient (Wildman–Crippen LogP) is 4.32. The summed E-state index contributed by atoms with van der Waals surface area (Å²) in [6.07, 6.45) is 2.20. The van der Waals surface area contributed by atoms with Gasteiger partial charge < -0.3 is 0 Å². The highest BCUT2D eigenvalue weighted by Crippen LogP contribution is 2.26. The number of hydrogen-bond acceptors (Lipinski definition) is 2. The van der Waals surface area contributed by atoms with E-state index in [0.29, 0.717) is 12.1 Å². The molecule has 0 amide bonds. The first-order valence-corrected chi connectivity index (χ1v) is 6.52. The number of nitriles is 1. The van der Waals surface area contributed by atoms with Crippen LogP contribution in [0.3, 0.4) is 0 Å². The van der Waals surface area contributed by atoms with E-state index in [0.717, 1.165) is 11.1 Å². The maximum atomic E-state index is 9.17. The summed E-state index contributed by atoms with van der Waals surface area (Å²) < 4.78 is 0. The minimum absolute atomic E-state index is 0.146. The molecule has 98 valence electrons. The Morgan fingerprint density at radius 1 is 1.05 bits per heavy atom. The number of hydrogen-bond donors (Lipinski definition) is 0. The average molecular weight is 260 g/mol. The fourth-order valence-electron chi connectivity index (χ4n) is 2.03. The van der Waals surface area contributed by atoms with E-state index < -0.39 is 0 Å². The van der Waals surface area contributed by atoms with Gasteiger partial charge in [-0.1, -0.05) is 66.7 Å². The normalized spacial score (nSPS) is 11.1. The molecule has 0 atom stereocenters. The summed E-state index contributed by atoms with van der Waals surface area (Å²) in [5, 5.41) is 9.17. The molecule has 0 aromatic heterocycles. The summed E-state index contributed by atoms with van der Waals surface area (Å²) in [6.45, 7) is 3.67. The Balaban J connectivity index is 2.46. The highest BCUT2D eigenvalue weighted by Gasteiger charge is 2.13. The second-order valence-electron chi connectivity index (χ2n) is 4.40. The average Bonchev–Trinajstić information content (AvgIpc) is 2.53. The molecule has 0 bridgehead atoms. The van der Waals surface area contributed by atoms with Crippen molar-refractivity contribution in [3.05, 3.63) is 84.4 Å². The van der Waals surface area contributed by atoms with Crippen molar-refractivity contribution < 1.29 is 0 Å². The van der Waals surface area contributed by atoms with E-state index in [2.05, 4.69) is 17.6 Å². The third kappa shape index (κ3) is 3.43. The Hall–Kier alpha value is -2.66. The molecule has 0 spiro atoms. The van der Waals surface area contributed by atoms with Crippen LogP contribution in [0.5, 0.6) is 0 Å². The zero-order chi connectivity index (χ0) is 14.2. The lowest BCUT2D eigenvalue weighted by Gasteiger charge is -2.14. The molecule has 0 saturated carbocycles. The van der Waals surface area contributed by atoms with Gasteiger partial charge in [0.05, 0.1) is 0 Å². The van der Waals surface area contributed by atoms with Crippen LogP contribution in [-0.2, 0) is 0 Å². The van der Waals surface area contributed by atoms with Crippen molar-refractivity contribution >= 4 is 5.71 Å². The SMILES string of the molecule is C=CC/C(C#N)=N\C(c1ccccc1)c1ccccc1. The Kier molecular flexibility index (Phi) is 4.86. The first-order chi connectivity index (χ1) is 9.85. The van der Waals surface area contributed by atoms with E-state index in [1.807, 2.05) is 60.7 Å². The molecule has 0 radical (unpaired) electrons. The molecule has 2 heteroatoms. The van der Waals surface area contributed by atoms with Crippen LogP contribution in [-0.4, -0.2) is 5.71 Å². The van der Waals surface area contributed by atoms with Gasteiger partial charge in [0.25, 0.3) is 0 Å². The van der Waals surface area contributed by atoms with Crippen LogP contribution in [0.15, 0.2) is 78.3 Å². The lowest BCUT2D eigenvalue weighted by Crippen LogP contribution is -2.02. The van der Waals surface area contributed by atoms with E-state index in [9.17, 15) is 5.26 Å². The van der Waals surface area contributed by atoms with Crippen molar-refractivity contribution in [1.82, 2.24) is 0 Å². The maximum Gasteiger partial charge on any atom is 0.117 e. The van der Waals surface area contributed by atoms with Gasteiger partial charge in [-0.2, -0.15) is 5.26 Å². The molecule has 20 heavy (non-hydrogen) atoms. The van der Waals surface area contributed by atoms with Gasteiger partial charge >= 0.3 is 0 Å². The number of nitrogens with zero attached hydrogens (tertiary/aromatic N) is 2. The summed E-state index contributed by atoms with van der Waals surface area (Å²) in [4.78, 5) is 4.61. The lowest BCUT2D eigenvalue weighted by molar-refractivity contribution is 0.871. The number of allylic oxidation sites excluding steroid dienone is 1. The third-order valence-corrected chi connectivity index (χ3v) is 2.98. The molecule has 2 aromatic carbocycles. The minimum Gasteiger partial charge on any atom is -0.265 e. The highest BCUT2D eigenvalue weighted by atomic mass is 14.8. The van der Waals surface area contributed by atoms with Crippen LogP contribution >= 0.6 is 0 Å². The van der Waals surface area contributed by atoms with Gasteiger partial charge in [-0.25, -0.2) is 0 Å². The van der Waals surface area contributed by atoms with Crippen LogP contribution in [0.2, 0.25) is 0 Å². The number of rotatable bonds is 5. The van der Waals surface area contributed by atoms with E-state index >= 15 is 0 Å². The molecule has 0 fully saturated rings. The van der Waals surface area contributed by atoms with Gasteiger partial charge in [0, 0.05) is 6.42 Å². The van der Waals surface area contributed by atoms with E-state index in [-0.39, 0.29) is 6.04 Å². The predicted molar refractivity (Wildman–Crippen MR) is 82.6 cm³/mol. The van der Waals surface area contributed by atoms with Crippen molar-refractivity contribution in [3.63, 3.8) is 0 Å². The second kappa shape index (κ2) is 7.06. The Morgan fingerprint density at radius 3 is 1.95 bits per heavy atom. The monoisotopic (exact) mass is 260 g/mol. The molecule has 0 unspecified atom stereocenters. The molecule has 0 heterocycles. The van der Waals surface area contributed by atoms with Crippen LogP contribution in [0.25, 0.3) is 0 Å². The first kappa shape index (κ1) is 13.8. The Bertz CT molecular complexity index is 582. The van der Waals surface area contributed by atoms with Crippen molar-refractivity contribution in [2.45, 2.75) is 12.5 Å². The van der Waals surface area contributed by atoms with Crippen molar-refractivity contribution in [2.75, 3.05) is 0 Å². The molecule has 0 N–H and O–H groups in total. The largest absolute Gasteiger partial charge is 0.265 e. The smallest absolute Gasteiger partial charge is 0.117 e. The quantitative estimate of drug-likeness (QED) is 0.582. The molecule has 2 aromatic rings. The van der Waals surface area contributed by atoms with Crippen LogP contribution < -0.4 is 0 Å². The molecule has 2 nitrogen and oxygen atoms in total. The van der Waals surface area contributed by atoms with E-state index in [1.54, 1.807) is 6.08 Å². The summed E-state index contributed by atoms with van der Waals surface area (Å²) in [6, 6.07) is 22.0. The molecule has 0 aliphatic heterocycles. The zero-order valence-corrected chi connectivity index (χ0v) is 11.2. The van der Waals surface area contributed by atoms with E-state index in [1.165, 1.54) is 0 Å². The molecule has 0 aliphatic carbocycles. The zero-order valence-electron chi connectivity index (χ0n) is 11.2. The molecular formula is C18H16N2. The van der Waals surface area contributed by atoms with Gasteiger partial charge in [-0.15, -0.1) is 6.58 Å². The summed E-state index contributed by atoms with van der Waals surface area (Å²) in [5.74, 6) is 0. The van der Waals surface area contributed by atoms with Crippen LogP contribution in [0.1, 0.15) is 23.6 Å². The summed E-state index contributed by atoms with van der Waals surface area (Å²) in [5.41, 5.74) is 2.66. The second-order valence-corrected chi connectivity index (χ2v) is 4.40. The van der Waals surface area contributed by atoms with Gasteiger partial charge in [-0.3, -0.25) is 4.99 Å². The number of benzene rings is 2. The maximum absolute atomic E-state index is 9.17. The summed E-state index contributed by atoms with van der Waals surface area (Å²) >= 11 is 0. The van der Waals surface area contributed by atoms with Crippen molar-refractivity contribution in [3.8, 4) is 6.07 Å². The van der Waals surface area contributed by atoms with Crippen molar-refractivity contribution in [2.24, 2.45) is 4.99 Å².